The number of benzene rings is 1. The largest absolute Gasteiger partial charge is 0.343 e. The first kappa shape index (κ1) is 10.2. The lowest BCUT2D eigenvalue weighted by Gasteiger charge is -2.25. The summed E-state index contributed by atoms with van der Waals surface area (Å²) in [5.41, 5.74) is 1.19. The van der Waals surface area contributed by atoms with Gasteiger partial charge in [0, 0.05) is 17.6 Å². The van der Waals surface area contributed by atoms with Gasteiger partial charge in [-0.05, 0) is 38.1 Å². The fraction of sp³-hybridized carbons (Fsp3) is 0.385. The van der Waals surface area contributed by atoms with Crippen molar-refractivity contribution in [2.75, 3.05) is 13.1 Å². The van der Waals surface area contributed by atoms with Gasteiger partial charge in [0.05, 0.1) is 10.5 Å². The van der Waals surface area contributed by atoms with Crippen LogP contribution in [0.2, 0.25) is 5.02 Å². The number of aromatic nitrogens is 1. The number of hydrogen-bond donors (Lipinski definition) is 1. The molecule has 1 aromatic carbocycles. The molecule has 1 saturated heterocycles. The summed E-state index contributed by atoms with van der Waals surface area (Å²) in [6, 6.07) is 8.86. The maximum absolute atomic E-state index is 6.29. The lowest BCUT2D eigenvalue weighted by Crippen LogP contribution is -2.29. The van der Waals surface area contributed by atoms with Crippen molar-refractivity contribution in [3.8, 4) is 0 Å². The van der Waals surface area contributed by atoms with Gasteiger partial charge in [0.2, 0.25) is 0 Å². The van der Waals surface area contributed by atoms with Gasteiger partial charge in [0.25, 0.3) is 0 Å². The third kappa shape index (κ3) is 1.62. The van der Waals surface area contributed by atoms with Crippen molar-refractivity contribution in [3.63, 3.8) is 0 Å². The summed E-state index contributed by atoms with van der Waals surface area (Å²) < 4.78 is 2.35. The Labute approximate surface area is 100 Å². The van der Waals surface area contributed by atoms with Crippen LogP contribution in [0.4, 0.5) is 0 Å². The fourth-order valence-electron chi connectivity index (χ4n) is 2.56. The summed E-state index contributed by atoms with van der Waals surface area (Å²) in [4.78, 5) is 0. The molecule has 2 aromatic rings. The third-order valence-electron chi connectivity index (χ3n) is 3.39. The van der Waals surface area contributed by atoms with Crippen molar-refractivity contribution in [1.82, 2.24) is 9.88 Å². The first-order valence-corrected chi connectivity index (χ1v) is 6.20. The second-order valence-electron chi connectivity index (χ2n) is 4.38. The third-order valence-corrected chi connectivity index (χ3v) is 3.70. The van der Waals surface area contributed by atoms with Crippen LogP contribution < -0.4 is 5.32 Å². The van der Waals surface area contributed by atoms with Crippen molar-refractivity contribution in [2.45, 2.75) is 18.9 Å². The molecule has 1 N–H and O–H groups in total. The first-order valence-electron chi connectivity index (χ1n) is 5.82. The van der Waals surface area contributed by atoms with Crippen LogP contribution in [-0.4, -0.2) is 17.7 Å². The summed E-state index contributed by atoms with van der Waals surface area (Å²) in [6.45, 7) is 2.21. The molecule has 1 aliphatic rings. The zero-order valence-electron chi connectivity index (χ0n) is 9.12. The summed E-state index contributed by atoms with van der Waals surface area (Å²) in [5.74, 6) is 0. The van der Waals surface area contributed by atoms with Crippen molar-refractivity contribution in [1.29, 1.82) is 0 Å². The van der Waals surface area contributed by atoms with E-state index in [0.717, 1.165) is 18.1 Å². The zero-order valence-corrected chi connectivity index (χ0v) is 9.87. The van der Waals surface area contributed by atoms with E-state index in [1.54, 1.807) is 0 Å². The number of nitrogens with one attached hydrogen (secondary N) is 1. The smallest absolute Gasteiger partial charge is 0.0672 e. The number of hydrogen-bond acceptors (Lipinski definition) is 1. The van der Waals surface area contributed by atoms with Gasteiger partial charge in [-0.3, -0.25) is 0 Å². The van der Waals surface area contributed by atoms with Gasteiger partial charge in [-0.2, -0.15) is 0 Å². The van der Waals surface area contributed by atoms with E-state index in [0.29, 0.717) is 6.04 Å². The second-order valence-corrected chi connectivity index (χ2v) is 4.79. The van der Waals surface area contributed by atoms with E-state index in [-0.39, 0.29) is 0 Å². The molecule has 1 fully saturated rings. The lowest BCUT2D eigenvalue weighted by molar-refractivity contribution is 0.376. The molecule has 0 aliphatic carbocycles. The molecular weight excluding hydrogens is 220 g/mol. The van der Waals surface area contributed by atoms with Gasteiger partial charge < -0.3 is 9.88 Å². The average molecular weight is 235 g/mol. The van der Waals surface area contributed by atoms with Crippen molar-refractivity contribution < 1.29 is 0 Å². The highest BCUT2D eigenvalue weighted by molar-refractivity contribution is 6.35. The molecule has 84 valence electrons. The fourth-order valence-corrected chi connectivity index (χ4v) is 2.84. The van der Waals surface area contributed by atoms with Crippen LogP contribution in [0.1, 0.15) is 18.9 Å². The highest BCUT2D eigenvalue weighted by atomic mass is 35.5. The van der Waals surface area contributed by atoms with Crippen molar-refractivity contribution in [3.05, 3.63) is 35.5 Å². The lowest BCUT2D eigenvalue weighted by atomic mass is 10.1. The molecule has 0 radical (unpaired) electrons. The van der Waals surface area contributed by atoms with Crippen LogP contribution in [0.3, 0.4) is 0 Å². The van der Waals surface area contributed by atoms with Crippen LogP contribution in [0.25, 0.3) is 10.9 Å². The molecule has 0 bridgehead atoms. The molecule has 0 amide bonds. The van der Waals surface area contributed by atoms with Crippen molar-refractivity contribution in [2.24, 2.45) is 0 Å². The SMILES string of the molecule is Clc1cccc2ccn(C3CCNCC3)c12. The average Bonchev–Trinajstić information content (AvgIpc) is 2.75. The Balaban J connectivity index is 2.09. The molecule has 3 rings (SSSR count). The molecule has 0 unspecified atom stereocenters. The summed E-state index contributed by atoms with van der Waals surface area (Å²) in [6.07, 6.45) is 4.55. The monoisotopic (exact) mass is 234 g/mol. The summed E-state index contributed by atoms with van der Waals surface area (Å²) in [7, 11) is 0. The number of fused-ring (bicyclic) bond motifs is 1. The number of nitrogens with zero attached hydrogens (tertiary/aromatic N) is 1. The van der Waals surface area contributed by atoms with E-state index in [4.69, 9.17) is 11.6 Å². The molecule has 2 nitrogen and oxygen atoms in total. The van der Waals surface area contributed by atoms with E-state index in [9.17, 15) is 0 Å². The Morgan fingerprint density at radius 1 is 1.19 bits per heavy atom. The van der Waals surface area contributed by atoms with E-state index in [1.165, 1.54) is 23.7 Å². The van der Waals surface area contributed by atoms with Gasteiger partial charge >= 0.3 is 0 Å². The first-order chi connectivity index (χ1) is 7.86. The van der Waals surface area contributed by atoms with Gasteiger partial charge in [-0.25, -0.2) is 0 Å². The molecule has 0 atom stereocenters. The second kappa shape index (κ2) is 4.11. The number of rotatable bonds is 1. The molecule has 3 heteroatoms. The summed E-state index contributed by atoms with van der Waals surface area (Å²) in [5, 5.41) is 5.50. The Bertz CT molecular complexity index is 498. The van der Waals surface area contributed by atoms with E-state index >= 15 is 0 Å². The Hall–Kier alpha value is -0.990. The Morgan fingerprint density at radius 3 is 2.81 bits per heavy atom. The molecule has 2 heterocycles. The van der Waals surface area contributed by atoms with E-state index in [1.807, 2.05) is 12.1 Å². The van der Waals surface area contributed by atoms with Crippen LogP contribution in [-0.2, 0) is 0 Å². The minimum Gasteiger partial charge on any atom is -0.343 e. The summed E-state index contributed by atoms with van der Waals surface area (Å²) >= 11 is 6.29. The minimum atomic E-state index is 0.596. The van der Waals surface area contributed by atoms with Gasteiger partial charge in [-0.1, -0.05) is 23.7 Å². The number of piperidine rings is 1. The molecule has 1 aliphatic heterocycles. The molecule has 0 saturated carbocycles. The number of halogens is 1. The normalized spacial score (nSPS) is 18.1. The van der Waals surface area contributed by atoms with Gasteiger partial charge in [0.15, 0.2) is 0 Å². The maximum Gasteiger partial charge on any atom is 0.0672 e. The molecule has 1 aromatic heterocycles. The topological polar surface area (TPSA) is 17.0 Å². The molecular formula is C13H15ClN2. The Morgan fingerprint density at radius 2 is 2.00 bits per heavy atom. The predicted molar refractivity (Wildman–Crippen MR) is 68.1 cm³/mol. The molecule has 16 heavy (non-hydrogen) atoms. The highest BCUT2D eigenvalue weighted by Gasteiger charge is 2.17. The van der Waals surface area contributed by atoms with Crippen LogP contribution >= 0.6 is 11.6 Å². The quantitative estimate of drug-likeness (QED) is 0.802. The Kier molecular flexibility index (Phi) is 2.62. The van der Waals surface area contributed by atoms with Gasteiger partial charge in [0.1, 0.15) is 0 Å². The highest BCUT2D eigenvalue weighted by Crippen LogP contribution is 2.30. The van der Waals surface area contributed by atoms with Gasteiger partial charge in [-0.15, -0.1) is 0 Å². The van der Waals surface area contributed by atoms with Crippen molar-refractivity contribution >= 4 is 22.5 Å². The predicted octanol–water partition coefficient (Wildman–Crippen LogP) is 3.22. The zero-order chi connectivity index (χ0) is 11.0. The number of para-hydroxylation sites is 1. The van der Waals surface area contributed by atoms with Crippen LogP contribution in [0, 0.1) is 0 Å². The van der Waals surface area contributed by atoms with Crippen LogP contribution in [0.5, 0.6) is 0 Å². The standard InChI is InChI=1S/C13H15ClN2/c14-12-3-1-2-10-6-9-16(13(10)12)11-4-7-15-8-5-11/h1-3,6,9,11,15H,4-5,7-8H2. The maximum atomic E-state index is 6.29. The van der Waals surface area contributed by atoms with E-state index < -0.39 is 0 Å². The van der Waals surface area contributed by atoms with E-state index in [2.05, 4.69) is 28.2 Å². The van der Waals surface area contributed by atoms with Crippen LogP contribution in [0.15, 0.2) is 30.5 Å². The minimum absolute atomic E-state index is 0.596. The molecule has 0 spiro atoms.